The molecule has 0 atom stereocenters. The molecule has 2 N–H and O–H groups in total. The number of para-hydroxylation sites is 1. The van der Waals surface area contributed by atoms with Crippen molar-refractivity contribution in [2.75, 3.05) is 18.4 Å². The minimum absolute atomic E-state index is 0.165. The van der Waals surface area contributed by atoms with E-state index in [9.17, 15) is 8.42 Å². The Kier molecular flexibility index (Phi) is 6.66. The summed E-state index contributed by atoms with van der Waals surface area (Å²) in [6, 6.07) is 17.4. The molecule has 2 heterocycles. The minimum atomic E-state index is -3.65. The van der Waals surface area contributed by atoms with Crippen molar-refractivity contribution in [1.29, 1.82) is 0 Å². The largest absolute Gasteiger partial charge is 0.457 e. The Hall–Kier alpha value is -3.76. The summed E-state index contributed by atoms with van der Waals surface area (Å²) in [7, 11) is -3.65. The predicted octanol–water partition coefficient (Wildman–Crippen LogP) is 3.46. The third-order valence-electron chi connectivity index (χ3n) is 4.73. The smallest absolute Gasteiger partial charge is 0.240 e. The minimum Gasteiger partial charge on any atom is -0.457 e. The van der Waals surface area contributed by atoms with Crippen molar-refractivity contribution in [3.8, 4) is 17.3 Å². The highest BCUT2D eigenvalue weighted by molar-refractivity contribution is 7.89. The number of imidazole rings is 1. The first kappa shape index (κ1) is 22.4. The molecule has 4 rings (SSSR count). The molecular weight excluding hydrogens is 440 g/mol. The average Bonchev–Trinajstić information content (AvgIpc) is 3.23. The summed E-state index contributed by atoms with van der Waals surface area (Å²) in [5, 5.41) is 3.14. The van der Waals surface area contributed by atoms with Crippen molar-refractivity contribution in [1.82, 2.24) is 24.2 Å². The molecule has 0 aliphatic rings. The summed E-state index contributed by atoms with van der Waals surface area (Å²) in [4.78, 5) is 13.2. The van der Waals surface area contributed by atoms with Crippen molar-refractivity contribution >= 4 is 15.8 Å². The van der Waals surface area contributed by atoms with Gasteiger partial charge >= 0.3 is 0 Å². The number of aromatic nitrogens is 4. The van der Waals surface area contributed by atoms with Gasteiger partial charge in [0.15, 0.2) is 0 Å². The van der Waals surface area contributed by atoms with Gasteiger partial charge in [0.25, 0.3) is 0 Å². The Morgan fingerprint density at radius 2 is 1.67 bits per heavy atom. The van der Waals surface area contributed by atoms with Gasteiger partial charge in [-0.25, -0.2) is 28.1 Å². The second-order valence-electron chi connectivity index (χ2n) is 7.21. The first-order chi connectivity index (χ1) is 15.9. The normalized spacial score (nSPS) is 11.3. The van der Waals surface area contributed by atoms with Crippen LogP contribution in [0.1, 0.15) is 11.6 Å². The van der Waals surface area contributed by atoms with Crippen LogP contribution in [0, 0.1) is 13.8 Å². The third kappa shape index (κ3) is 5.73. The van der Waals surface area contributed by atoms with E-state index in [-0.39, 0.29) is 11.4 Å². The molecule has 4 aromatic rings. The van der Waals surface area contributed by atoms with Crippen LogP contribution in [-0.2, 0) is 10.0 Å². The van der Waals surface area contributed by atoms with Crippen molar-refractivity contribution in [2.45, 2.75) is 18.7 Å². The van der Waals surface area contributed by atoms with Crippen LogP contribution in [0.5, 0.6) is 11.5 Å². The Bertz CT molecular complexity index is 1320. The van der Waals surface area contributed by atoms with E-state index in [0.29, 0.717) is 35.5 Å². The fraction of sp³-hybridized carbons (Fsp3) is 0.174. The second-order valence-corrected chi connectivity index (χ2v) is 8.98. The number of aryl methyl sites for hydroxylation is 2. The van der Waals surface area contributed by atoms with Crippen LogP contribution in [0.3, 0.4) is 0 Å². The first-order valence-electron chi connectivity index (χ1n) is 10.3. The van der Waals surface area contributed by atoms with Gasteiger partial charge in [0.1, 0.15) is 34.8 Å². The number of ether oxygens (including phenoxy) is 1. The molecule has 0 amide bonds. The van der Waals surface area contributed by atoms with Gasteiger partial charge < -0.3 is 10.1 Å². The maximum Gasteiger partial charge on any atom is 0.240 e. The molecule has 0 fully saturated rings. The van der Waals surface area contributed by atoms with Gasteiger partial charge in [-0.15, -0.1) is 0 Å². The summed E-state index contributed by atoms with van der Waals surface area (Å²) in [5.74, 6) is 3.95. The second kappa shape index (κ2) is 9.80. The van der Waals surface area contributed by atoms with Crippen molar-refractivity contribution < 1.29 is 13.2 Å². The molecule has 170 valence electrons. The number of rotatable bonds is 9. The van der Waals surface area contributed by atoms with Crippen LogP contribution in [0.2, 0.25) is 0 Å². The van der Waals surface area contributed by atoms with E-state index in [0.717, 1.165) is 5.82 Å². The van der Waals surface area contributed by atoms with E-state index >= 15 is 0 Å². The van der Waals surface area contributed by atoms with Crippen LogP contribution >= 0.6 is 0 Å². The summed E-state index contributed by atoms with van der Waals surface area (Å²) < 4.78 is 35.3. The van der Waals surface area contributed by atoms with E-state index in [4.69, 9.17) is 4.74 Å². The first-order valence-corrected chi connectivity index (χ1v) is 11.8. The third-order valence-corrected chi connectivity index (χ3v) is 6.21. The maximum atomic E-state index is 12.6. The molecule has 2 aromatic heterocycles. The lowest BCUT2D eigenvalue weighted by Gasteiger charge is -2.11. The van der Waals surface area contributed by atoms with Gasteiger partial charge in [-0.05, 0) is 50.2 Å². The molecule has 0 aliphatic heterocycles. The Morgan fingerprint density at radius 3 is 2.36 bits per heavy atom. The van der Waals surface area contributed by atoms with Gasteiger partial charge in [-0.1, -0.05) is 18.2 Å². The van der Waals surface area contributed by atoms with Gasteiger partial charge in [0, 0.05) is 31.5 Å². The number of hydrogen-bond acceptors (Lipinski definition) is 7. The predicted molar refractivity (Wildman–Crippen MR) is 125 cm³/mol. The van der Waals surface area contributed by atoms with Crippen molar-refractivity contribution in [3.63, 3.8) is 0 Å². The lowest BCUT2D eigenvalue weighted by molar-refractivity contribution is 0.482. The summed E-state index contributed by atoms with van der Waals surface area (Å²) >= 11 is 0. The van der Waals surface area contributed by atoms with E-state index in [1.165, 1.54) is 12.1 Å². The lowest BCUT2D eigenvalue weighted by atomic mass is 10.3. The van der Waals surface area contributed by atoms with E-state index < -0.39 is 10.0 Å². The fourth-order valence-corrected chi connectivity index (χ4v) is 4.19. The van der Waals surface area contributed by atoms with E-state index in [2.05, 4.69) is 25.0 Å². The van der Waals surface area contributed by atoms with Crippen molar-refractivity contribution in [3.05, 3.63) is 84.7 Å². The van der Waals surface area contributed by atoms with E-state index in [1.807, 2.05) is 48.0 Å². The highest BCUT2D eigenvalue weighted by Crippen LogP contribution is 2.22. The van der Waals surface area contributed by atoms with Crippen molar-refractivity contribution in [2.24, 2.45) is 0 Å². The molecule has 33 heavy (non-hydrogen) atoms. The quantitative estimate of drug-likeness (QED) is 0.365. The molecule has 0 radical (unpaired) electrons. The number of nitrogens with zero attached hydrogens (tertiary/aromatic N) is 4. The molecule has 9 nitrogen and oxygen atoms in total. The Labute approximate surface area is 192 Å². The summed E-state index contributed by atoms with van der Waals surface area (Å²) in [6.45, 7) is 4.23. The molecule has 0 aliphatic carbocycles. The number of nitrogens with one attached hydrogen (secondary N) is 2. The standard InChI is InChI=1S/C23H24N6O3S/c1-17-27-22(16-23(28-17)29-15-14-24-18(29)2)25-12-13-26-33(30,31)21-10-8-20(9-11-21)32-19-6-4-3-5-7-19/h3-11,14-16,26H,12-13H2,1-2H3,(H,25,27,28). The zero-order valence-corrected chi connectivity index (χ0v) is 19.1. The molecule has 0 bridgehead atoms. The average molecular weight is 465 g/mol. The molecular formula is C23H24N6O3S. The van der Waals surface area contributed by atoms with Crippen LogP contribution in [0.15, 0.2) is 78.0 Å². The zero-order valence-electron chi connectivity index (χ0n) is 18.3. The Balaban J connectivity index is 1.33. The van der Waals surface area contributed by atoms with Crippen LogP contribution in [-0.4, -0.2) is 41.0 Å². The summed E-state index contributed by atoms with van der Waals surface area (Å²) in [5.41, 5.74) is 0. The topological polar surface area (TPSA) is 111 Å². The number of sulfonamides is 1. The zero-order chi connectivity index (χ0) is 23.3. The lowest BCUT2D eigenvalue weighted by Crippen LogP contribution is -2.29. The van der Waals surface area contributed by atoms with Crippen LogP contribution < -0.4 is 14.8 Å². The molecule has 0 saturated carbocycles. The van der Waals surface area contributed by atoms with Gasteiger partial charge in [-0.2, -0.15) is 0 Å². The monoisotopic (exact) mass is 464 g/mol. The highest BCUT2D eigenvalue weighted by Gasteiger charge is 2.14. The molecule has 0 saturated heterocycles. The highest BCUT2D eigenvalue weighted by atomic mass is 32.2. The fourth-order valence-electron chi connectivity index (χ4n) is 3.16. The molecule has 0 spiro atoms. The van der Waals surface area contributed by atoms with Crippen LogP contribution in [0.4, 0.5) is 5.82 Å². The molecule has 10 heteroatoms. The van der Waals surface area contributed by atoms with E-state index in [1.54, 1.807) is 31.3 Å². The van der Waals surface area contributed by atoms with Gasteiger partial charge in [0.05, 0.1) is 4.90 Å². The Morgan fingerprint density at radius 1 is 0.939 bits per heavy atom. The summed E-state index contributed by atoms with van der Waals surface area (Å²) in [6.07, 6.45) is 3.53. The maximum absolute atomic E-state index is 12.6. The molecule has 2 aromatic carbocycles. The SMILES string of the molecule is Cc1nc(NCCNS(=O)(=O)c2ccc(Oc3ccccc3)cc2)cc(-n2ccnc2C)n1. The van der Waals surface area contributed by atoms with Crippen LogP contribution in [0.25, 0.3) is 5.82 Å². The number of benzene rings is 2. The van der Waals surface area contributed by atoms with Gasteiger partial charge in [-0.3, -0.25) is 4.57 Å². The number of anilines is 1. The van der Waals surface area contributed by atoms with Gasteiger partial charge in [0.2, 0.25) is 10.0 Å². The number of hydrogen-bond donors (Lipinski definition) is 2. The molecule has 0 unspecified atom stereocenters.